The molecule has 2 rings (SSSR count). The van der Waals surface area contributed by atoms with Gasteiger partial charge in [-0.25, -0.2) is 0 Å². The third-order valence-corrected chi connectivity index (χ3v) is 3.95. The van der Waals surface area contributed by atoms with E-state index in [1.165, 1.54) is 5.56 Å². The molecule has 0 amide bonds. The summed E-state index contributed by atoms with van der Waals surface area (Å²) < 4.78 is 21.4. The Balaban J connectivity index is 1.94. The van der Waals surface area contributed by atoms with Gasteiger partial charge in [-0.2, -0.15) is 0 Å². The van der Waals surface area contributed by atoms with E-state index in [-0.39, 0.29) is 0 Å². The van der Waals surface area contributed by atoms with E-state index in [9.17, 15) is 0 Å². The van der Waals surface area contributed by atoms with Gasteiger partial charge in [-0.05, 0) is 29.8 Å². The molecule has 0 bridgehead atoms. The second-order valence-corrected chi connectivity index (χ2v) is 5.37. The van der Waals surface area contributed by atoms with Gasteiger partial charge < -0.3 is 24.3 Å². The largest absolute Gasteiger partial charge is 0.497 e. The number of ether oxygens (including phenoxy) is 4. The van der Waals surface area contributed by atoms with Crippen LogP contribution in [0, 0.1) is 0 Å². The molecule has 2 aromatic carbocycles. The average Bonchev–Trinajstić information content (AvgIpc) is 2.64. The van der Waals surface area contributed by atoms with Crippen LogP contribution in [-0.4, -0.2) is 35.0 Å². The Labute approximate surface area is 143 Å². The molecule has 2 N–H and O–H groups in total. The van der Waals surface area contributed by atoms with Crippen molar-refractivity contribution in [3.05, 3.63) is 47.5 Å². The molecule has 0 heterocycles. The molecular weight excluding hydrogens is 306 g/mol. The van der Waals surface area contributed by atoms with Gasteiger partial charge in [0, 0.05) is 6.42 Å². The van der Waals surface area contributed by atoms with Crippen LogP contribution in [0.4, 0.5) is 0 Å². The Hall–Kier alpha value is -2.40. The summed E-state index contributed by atoms with van der Waals surface area (Å²) in [5, 5.41) is 2.26. The average molecular weight is 332 g/mol. The lowest BCUT2D eigenvalue weighted by molar-refractivity contribution is -0.670. The molecular formula is C19H26NO4+. The molecule has 0 saturated heterocycles. The third kappa shape index (κ3) is 4.32. The van der Waals surface area contributed by atoms with Crippen LogP contribution < -0.4 is 24.3 Å². The molecule has 130 valence electrons. The Bertz CT molecular complexity index is 641. The Morgan fingerprint density at radius 3 is 2.04 bits per heavy atom. The first-order valence-electron chi connectivity index (χ1n) is 7.96. The van der Waals surface area contributed by atoms with Gasteiger partial charge in [-0.15, -0.1) is 0 Å². The van der Waals surface area contributed by atoms with Crippen molar-refractivity contribution in [2.45, 2.75) is 13.0 Å². The minimum absolute atomic E-state index is 0.640. The fourth-order valence-corrected chi connectivity index (χ4v) is 2.64. The number of nitrogens with two attached hydrogens (primary N) is 1. The lowest BCUT2D eigenvalue weighted by Crippen LogP contribution is -2.83. The van der Waals surface area contributed by atoms with E-state index in [1.807, 2.05) is 24.3 Å². The topological polar surface area (TPSA) is 53.5 Å². The lowest BCUT2D eigenvalue weighted by Gasteiger charge is -2.15. The highest BCUT2D eigenvalue weighted by Crippen LogP contribution is 2.39. The second-order valence-electron chi connectivity index (χ2n) is 5.37. The van der Waals surface area contributed by atoms with Crippen molar-refractivity contribution < 1.29 is 24.3 Å². The lowest BCUT2D eigenvalue weighted by atomic mass is 10.1. The van der Waals surface area contributed by atoms with Crippen LogP contribution in [0.15, 0.2) is 36.4 Å². The molecule has 0 fully saturated rings. The van der Waals surface area contributed by atoms with Crippen LogP contribution in [0.3, 0.4) is 0 Å². The smallest absolute Gasteiger partial charge is 0.203 e. The quantitative estimate of drug-likeness (QED) is 0.714. The van der Waals surface area contributed by atoms with Gasteiger partial charge in [0.2, 0.25) is 5.75 Å². The van der Waals surface area contributed by atoms with Crippen molar-refractivity contribution >= 4 is 0 Å². The number of hydrogen-bond acceptors (Lipinski definition) is 4. The van der Waals surface area contributed by atoms with E-state index in [2.05, 4.69) is 17.4 Å². The van der Waals surface area contributed by atoms with E-state index in [0.29, 0.717) is 11.5 Å². The molecule has 0 saturated carbocycles. The predicted molar refractivity (Wildman–Crippen MR) is 93.3 cm³/mol. The minimum Gasteiger partial charge on any atom is -0.497 e. The van der Waals surface area contributed by atoms with Crippen molar-refractivity contribution in [3.63, 3.8) is 0 Å². The molecule has 24 heavy (non-hydrogen) atoms. The summed E-state index contributed by atoms with van der Waals surface area (Å²) in [7, 11) is 6.58. The van der Waals surface area contributed by atoms with Crippen molar-refractivity contribution in [2.24, 2.45) is 0 Å². The maximum absolute atomic E-state index is 5.51. The number of quaternary nitrogens is 1. The van der Waals surface area contributed by atoms with Crippen LogP contribution in [0.25, 0.3) is 0 Å². The Morgan fingerprint density at radius 1 is 0.750 bits per heavy atom. The fourth-order valence-electron chi connectivity index (χ4n) is 2.64. The van der Waals surface area contributed by atoms with Crippen LogP contribution in [0.1, 0.15) is 11.1 Å². The number of methoxy groups -OCH3 is 4. The number of hydrogen-bond donors (Lipinski definition) is 1. The Morgan fingerprint density at radius 2 is 1.46 bits per heavy atom. The zero-order valence-electron chi connectivity index (χ0n) is 14.8. The molecule has 0 spiro atoms. The zero-order valence-corrected chi connectivity index (χ0v) is 14.8. The standard InChI is InChI=1S/C19H25NO4/c1-21-16-8-5-14(6-9-16)11-12-20-13-15-7-10-17(22-2)19(24-4)18(15)23-3/h5-10,20H,11-13H2,1-4H3/p+1. The van der Waals surface area contributed by atoms with Gasteiger partial charge in [0.1, 0.15) is 12.3 Å². The molecule has 5 nitrogen and oxygen atoms in total. The van der Waals surface area contributed by atoms with Gasteiger partial charge in [0.05, 0.1) is 40.5 Å². The van der Waals surface area contributed by atoms with Crippen molar-refractivity contribution in [1.29, 1.82) is 0 Å². The molecule has 0 unspecified atom stereocenters. The van der Waals surface area contributed by atoms with Crippen LogP contribution in [-0.2, 0) is 13.0 Å². The summed E-state index contributed by atoms with van der Waals surface area (Å²) in [5.74, 6) is 2.94. The maximum Gasteiger partial charge on any atom is 0.203 e. The first kappa shape index (κ1) is 17.9. The highest BCUT2D eigenvalue weighted by molar-refractivity contribution is 5.55. The third-order valence-electron chi connectivity index (χ3n) is 3.95. The highest BCUT2D eigenvalue weighted by atomic mass is 16.5. The highest BCUT2D eigenvalue weighted by Gasteiger charge is 2.16. The molecule has 0 atom stereocenters. The van der Waals surface area contributed by atoms with E-state index >= 15 is 0 Å². The molecule has 0 radical (unpaired) electrons. The molecule has 2 aromatic rings. The van der Waals surface area contributed by atoms with Gasteiger partial charge in [0.15, 0.2) is 11.5 Å². The summed E-state index contributed by atoms with van der Waals surface area (Å²) in [6.07, 6.45) is 1.000. The summed E-state index contributed by atoms with van der Waals surface area (Å²) in [6.45, 7) is 1.81. The summed E-state index contributed by atoms with van der Waals surface area (Å²) in [5.41, 5.74) is 2.39. The Kier molecular flexibility index (Phi) is 6.75. The monoisotopic (exact) mass is 332 g/mol. The van der Waals surface area contributed by atoms with E-state index < -0.39 is 0 Å². The maximum atomic E-state index is 5.51. The normalized spacial score (nSPS) is 10.3. The minimum atomic E-state index is 0.640. The fraction of sp³-hybridized carbons (Fsp3) is 0.368. The summed E-state index contributed by atoms with van der Waals surface area (Å²) in [4.78, 5) is 0. The van der Waals surface area contributed by atoms with E-state index in [0.717, 1.165) is 36.6 Å². The van der Waals surface area contributed by atoms with Crippen LogP contribution in [0.5, 0.6) is 23.0 Å². The number of benzene rings is 2. The van der Waals surface area contributed by atoms with Crippen LogP contribution >= 0.6 is 0 Å². The van der Waals surface area contributed by atoms with Crippen molar-refractivity contribution in [1.82, 2.24) is 0 Å². The van der Waals surface area contributed by atoms with Gasteiger partial charge >= 0.3 is 0 Å². The molecule has 0 aliphatic heterocycles. The first-order chi connectivity index (χ1) is 11.7. The van der Waals surface area contributed by atoms with Crippen LogP contribution in [0.2, 0.25) is 0 Å². The SMILES string of the molecule is COc1ccc(CC[NH2+]Cc2ccc(OC)c(OC)c2OC)cc1. The number of rotatable bonds is 9. The second kappa shape index (κ2) is 9.03. The first-order valence-corrected chi connectivity index (χ1v) is 7.96. The molecule has 0 aliphatic carbocycles. The molecule has 5 heteroatoms. The predicted octanol–water partition coefficient (Wildman–Crippen LogP) is 2.03. The van der Waals surface area contributed by atoms with Crippen molar-refractivity contribution in [3.8, 4) is 23.0 Å². The zero-order chi connectivity index (χ0) is 17.4. The van der Waals surface area contributed by atoms with E-state index in [1.54, 1.807) is 28.4 Å². The summed E-state index contributed by atoms with van der Waals surface area (Å²) >= 11 is 0. The van der Waals surface area contributed by atoms with Gasteiger partial charge in [-0.3, -0.25) is 0 Å². The van der Waals surface area contributed by atoms with Gasteiger partial charge in [-0.1, -0.05) is 12.1 Å². The van der Waals surface area contributed by atoms with Crippen molar-refractivity contribution in [2.75, 3.05) is 35.0 Å². The molecule has 0 aliphatic rings. The van der Waals surface area contributed by atoms with E-state index in [4.69, 9.17) is 18.9 Å². The molecule has 0 aromatic heterocycles. The van der Waals surface area contributed by atoms with Gasteiger partial charge in [0.25, 0.3) is 0 Å². The summed E-state index contributed by atoms with van der Waals surface area (Å²) in [6, 6.07) is 12.1.